The monoisotopic (exact) mass is 426 g/mol. The zero-order valence-corrected chi connectivity index (χ0v) is 16.5. The topological polar surface area (TPSA) is 131 Å². The lowest BCUT2D eigenvalue weighted by Gasteiger charge is -2.06. The summed E-state index contributed by atoms with van der Waals surface area (Å²) in [5, 5.41) is 12.6. The molecule has 0 atom stereocenters. The lowest BCUT2D eigenvalue weighted by Crippen LogP contribution is -2.26. The number of carbonyl (C=O) groups excluding carboxylic acids is 1. The molecular formula is C20H18N4O5S. The molecule has 30 heavy (non-hydrogen) atoms. The Hall–Kier alpha value is -3.63. The number of rotatable bonds is 9. The van der Waals surface area contributed by atoms with Gasteiger partial charge in [0.05, 0.1) is 17.0 Å². The largest absolute Gasteiger partial charge is 0.481 e. The second-order valence-electron chi connectivity index (χ2n) is 6.20. The number of hydrogen-bond donors (Lipinski definition) is 2. The molecule has 2 aromatic carbocycles. The van der Waals surface area contributed by atoms with E-state index in [0.29, 0.717) is 5.56 Å². The Morgan fingerprint density at radius 1 is 1.07 bits per heavy atom. The van der Waals surface area contributed by atoms with Crippen LogP contribution in [0.5, 0.6) is 0 Å². The average Bonchev–Trinajstić information content (AvgIpc) is 3.27. The first-order valence-electron chi connectivity index (χ1n) is 8.84. The smallest absolute Gasteiger partial charge is 0.304 e. The standard InChI is InChI=1S/C20H18N4O5S/c25-19(10-3-15-1-6-17(7-2-15)24-14-21-13-22-24)16-4-8-18(9-5-16)30(28,29)23-12-11-20(26)27/h1-10,13-14,23H,11-12H2,(H,26,27)/b10-3+. The van der Waals surface area contributed by atoms with Crippen LogP contribution in [0.3, 0.4) is 0 Å². The van der Waals surface area contributed by atoms with E-state index in [1.807, 2.05) is 24.3 Å². The molecule has 0 radical (unpaired) electrons. The molecule has 3 rings (SSSR count). The van der Waals surface area contributed by atoms with Crippen molar-refractivity contribution in [3.63, 3.8) is 0 Å². The van der Waals surface area contributed by atoms with Gasteiger partial charge in [-0.15, -0.1) is 0 Å². The number of carboxylic acid groups (broad SMARTS) is 1. The van der Waals surface area contributed by atoms with Gasteiger partial charge in [-0.2, -0.15) is 5.10 Å². The predicted octanol–water partition coefficient (Wildman–Crippen LogP) is 1.92. The minimum atomic E-state index is -3.83. The van der Waals surface area contributed by atoms with Crippen molar-refractivity contribution in [3.05, 3.63) is 78.4 Å². The number of carbonyl (C=O) groups is 2. The third kappa shape index (κ3) is 5.46. The van der Waals surface area contributed by atoms with Crippen LogP contribution in [-0.4, -0.2) is 46.6 Å². The maximum atomic E-state index is 12.3. The molecule has 0 aliphatic carbocycles. The lowest BCUT2D eigenvalue weighted by atomic mass is 10.1. The van der Waals surface area contributed by atoms with E-state index < -0.39 is 16.0 Å². The summed E-state index contributed by atoms with van der Waals surface area (Å²) in [5.74, 6) is -1.38. The number of aliphatic carboxylic acids is 1. The van der Waals surface area contributed by atoms with E-state index in [9.17, 15) is 18.0 Å². The Balaban J connectivity index is 1.63. The van der Waals surface area contributed by atoms with Crippen LogP contribution in [0.1, 0.15) is 22.3 Å². The van der Waals surface area contributed by atoms with Gasteiger partial charge < -0.3 is 5.11 Å². The van der Waals surface area contributed by atoms with E-state index >= 15 is 0 Å². The van der Waals surface area contributed by atoms with E-state index in [1.54, 1.807) is 17.1 Å². The van der Waals surface area contributed by atoms with Crippen molar-refractivity contribution in [1.82, 2.24) is 19.5 Å². The second-order valence-corrected chi connectivity index (χ2v) is 7.96. The molecule has 0 aliphatic rings. The molecule has 0 saturated carbocycles. The number of aromatic nitrogens is 3. The summed E-state index contributed by atoms with van der Waals surface area (Å²) in [5.41, 5.74) is 1.98. The van der Waals surface area contributed by atoms with Gasteiger partial charge in [-0.25, -0.2) is 22.8 Å². The van der Waals surface area contributed by atoms with Crippen molar-refractivity contribution in [3.8, 4) is 5.69 Å². The van der Waals surface area contributed by atoms with E-state index in [0.717, 1.165) is 11.3 Å². The number of allylic oxidation sites excluding steroid dienone is 1. The number of nitrogens with zero attached hydrogens (tertiary/aromatic N) is 3. The molecule has 0 saturated heterocycles. The highest BCUT2D eigenvalue weighted by molar-refractivity contribution is 7.89. The Kier molecular flexibility index (Phi) is 6.50. The molecule has 154 valence electrons. The molecule has 0 aliphatic heterocycles. The number of ketones is 1. The summed E-state index contributed by atoms with van der Waals surface area (Å²) < 4.78 is 28.0. The van der Waals surface area contributed by atoms with Gasteiger partial charge in [-0.05, 0) is 48.0 Å². The van der Waals surface area contributed by atoms with Gasteiger partial charge in [0.2, 0.25) is 10.0 Å². The van der Waals surface area contributed by atoms with Crippen molar-refractivity contribution in [2.75, 3.05) is 6.54 Å². The Morgan fingerprint density at radius 2 is 1.77 bits per heavy atom. The summed E-state index contributed by atoms with van der Waals surface area (Å²) in [6, 6.07) is 12.8. The van der Waals surface area contributed by atoms with Crippen LogP contribution in [0.2, 0.25) is 0 Å². The van der Waals surface area contributed by atoms with Gasteiger partial charge in [0.15, 0.2) is 5.78 Å². The highest BCUT2D eigenvalue weighted by Gasteiger charge is 2.14. The molecule has 10 heteroatoms. The SMILES string of the molecule is O=C(O)CCNS(=O)(=O)c1ccc(C(=O)/C=C/c2ccc(-n3cncn3)cc2)cc1. The van der Waals surface area contributed by atoms with Crippen LogP contribution in [0, 0.1) is 0 Å². The minimum Gasteiger partial charge on any atom is -0.481 e. The first kappa shape index (κ1) is 21.1. The lowest BCUT2D eigenvalue weighted by molar-refractivity contribution is -0.136. The summed E-state index contributed by atoms with van der Waals surface area (Å²) in [4.78, 5) is 26.7. The van der Waals surface area contributed by atoms with Crippen LogP contribution in [-0.2, 0) is 14.8 Å². The molecule has 1 aromatic heterocycles. The third-order valence-electron chi connectivity index (χ3n) is 4.08. The number of benzene rings is 2. The van der Waals surface area contributed by atoms with Gasteiger partial charge in [0.1, 0.15) is 12.7 Å². The van der Waals surface area contributed by atoms with Crippen LogP contribution < -0.4 is 4.72 Å². The normalized spacial score (nSPS) is 11.6. The maximum Gasteiger partial charge on any atom is 0.304 e. The number of hydrogen-bond acceptors (Lipinski definition) is 6. The molecule has 2 N–H and O–H groups in total. The third-order valence-corrected chi connectivity index (χ3v) is 5.56. The van der Waals surface area contributed by atoms with Gasteiger partial charge in [-0.1, -0.05) is 18.2 Å². The van der Waals surface area contributed by atoms with E-state index in [-0.39, 0.29) is 23.6 Å². The van der Waals surface area contributed by atoms with E-state index in [2.05, 4.69) is 14.8 Å². The Morgan fingerprint density at radius 3 is 2.37 bits per heavy atom. The quantitative estimate of drug-likeness (QED) is 0.395. The molecule has 0 amide bonds. The summed E-state index contributed by atoms with van der Waals surface area (Å²) >= 11 is 0. The average molecular weight is 426 g/mol. The summed E-state index contributed by atoms with van der Waals surface area (Å²) in [6.07, 6.45) is 5.76. The van der Waals surface area contributed by atoms with E-state index in [4.69, 9.17) is 5.11 Å². The van der Waals surface area contributed by atoms with Crippen molar-refractivity contribution < 1.29 is 23.1 Å². The zero-order valence-electron chi connectivity index (χ0n) is 15.7. The molecule has 0 fully saturated rings. The van der Waals surface area contributed by atoms with Gasteiger partial charge in [0.25, 0.3) is 0 Å². The van der Waals surface area contributed by atoms with Crippen LogP contribution in [0.15, 0.2) is 72.2 Å². The highest BCUT2D eigenvalue weighted by atomic mass is 32.2. The number of nitrogens with one attached hydrogen (secondary N) is 1. The number of sulfonamides is 1. The fourth-order valence-electron chi connectivity index (χ4n) is 2.52. The molecule has 3 aromatic rings. The van der Waals surface area contributed by atoms with Gasteiger partial charge >= 0.3 is 5.97 Å². The van der Waals surface area contributed by atoms with Crippen LogP contribution in [0.25, 0.3) is 11.8 Å². The van der Waals surface area contributed by atoms with Crippen LogP contribution in [0.4, 0.5) is 0 Å². The first-order chi connectivity index (χ1) is 14.3. The fraction of sp³-hybridized carbons (Fsp3) is 0.100. The van der Waals surface area contributed by atoms with Crippen LogP contribution >= 0.6 is 0 Å². The van der Waals surface area contributed by atoms with Crippen molar-refractivity contribution in [2.45, 2.75) is 11.3 Å². The molecule has 0 bridgehead atoms. The van der Waals surface area contributed by atoms with Gasteiger partial charge in [-0.3, -0.25) is 9.59 Å². The Labute approximate surface area is 172 Å². The summed E-state index contributed by atoms with van der Waals surface area (Å²) in [7, 11) is -3.83. The molecule has 0 unspecified atom stereocenters. The Bertz CT molecular complexity index is 1150. The van der Waals surface area contributed by atoms with Crippen molar-refractivity contribution in [1.29, 1.82) is 0 Å². The van der Waals surface area contributed by atoms with Gasteiger partial charge in [0, 0.05) is 12.1 Å². The maximum absolute atomic E-state index is 12.3. The summed E-state index contributed by atoms with van der Waals surface area (Å²) in [6.45, 7) is -0.212. The molecule has 1 heterocycles. The zero-order chi connectivity index (χ0) is 21.6. The second kappa shape index (κ2) is 9.25. The first-order valence-corrected chi connectivity index (χ1v) is 10.3. The predicted molar refractivity (Wildman–Crippen MR) is 109 cm³/mol. The molecule has 0 spiro atoms. The molecular weight excluding hydrogens is 408 g/mol. The molecule has 9 nitrogen and oxygen atoms in total. The van der Waals surface area contributed by atoms with E-state index in [1.165, 1.54) is 36.7 Å². The number of carboxylic acids is 1. The minimum absolute atomic E-state index is 0.0443. The van der Waals surface area contributed by atoms with Crippen molar-refractivity contribution in [2.24, 2.45) is 0 Å². The fourth-order valence-corrected chi connectivity index (χ4v) is 3.55. The van der Waals surface area contributed by atoms with Crippen molar-refractivity contribution >= 4 is 27.9 Å². The highest BCUT2D eigenvalue weighted by Crippen LogP contribution is 2.13.